The first kappa shape index (κ1) is 15.7. The minimum Gasteiger partial charge on any atom is -0.376 e. The number of anilines is 1. The van der Waals surface area contributed by atoms with Crippen molar-refractivity contribution in [3.8, 4) is 21.7 Å². The summed E-state index contributed by atoms with van der Waals surface area (Å²) < 4.78 is 11.1. The van der Waals surface area contributed by atoms with E-state index < -0.39 is 0 Å². The van der Waals surface area contributed by atoms with E-state index in [0.29, 0.717) is 32.3 Å². The minimum absolute atomic E-state index is 0.0453. The molecular formula is C17H17N3O2S2. The van der Waals surface area contributed by atoms with Crippen molar-refractivity contribution in [3.05, 3.63) is 40.5 Å². The predicted molar refractivity (Wildman–Crippen MR) is 97.7 cm³/mol. The predicted octanol–water partition coefficient (Wildman–Crippen LogP) is 3.76. The summed E-state index contributed by atoms with van der Waals surface area (Å²) in [5.74, 6) is 0.616. The molecule has 24 heavy (non-hydrogen) atoms. The number of nitrogens with one attached hydrogen (secondary N) is 1. The van der Waals surface area contributed by atoms with Gasteiger partial charge >= 0.3 is 0 Å². The van der Waals surface area contributed by atoms with Crippen LogP contribution >= 0.6 is 22.7 Å². The Morgan fingerprint density at radius 3 is 3.00 bits per heavy atom. The van der Waals surface area contributed by atoms with Crippen molar-refractivity contribution in [2.45, 2.75) is 6.10 Å². The number of rotatable bonds is 5. The quantitative estimate of drug-likeness (QED) is 0.752. The topological polar surface area (TPSA) is 56.3 Å². The Kier molecular flexibility index (Phi) is 4.84. The number of aromatic nitrogens is 2. The van der Waals surface area contributed by atoms with Crippen LogP contribution in [-0.2, 0) is 9.47 Å². The minimum atomic E-state index is 0.0453. The Hall–Kier alpha value is -1.80. The molecule has 4 rings (SSSR count). The maximum absolute atomic E-state index is 5.65. The molecule has 0 bridgehead atoms. The van der Waals surface area contributed by atoms with E-state index in [1.165, 1.54) is 4.88 Å². The second-order valence-electron chi connectivity index (χ2n) is 5.39. The third kappa shape index (κ3) is 3.49. The molecular weight excluding hydrogens is 342 g/mol. The summed E-state index contributed by atoms with van der Waals surface area (Å²) >= 11 is 3.36. The molecule has 4 heterocycles. The summed E-state index contributed by atoms with van der Waals surface area (Å²) in [6.07, 6.45) is 1.94. The lowest BCUT2D eigenvalue weighted by Crippen LogP contribution is -2.34. The highest BCUT2D eigenvalue weighted by molar-refractivity contribution is 7.13. The van der Waals surface area contributed by atoms with Crippen LogP contribution < -0.4 is 5.32 Å². The van der Waals surface area contributed by atoms with Gasteiger partial charge < -0.3 is 14.8 Å². The first-order chi connectivity index (χ1) is 11.9. The van der Waals surface area contributed by atoms with Crippen molar-refractivity contribution >= 4 is 28.6 Å². The van der Waals surface area contributed by atoms with Gasteiger partial charge in [-0.2, -0.15) is 11.3 Å². The average Bonchev–Trinajstić information content (AvgIpc) is 3.34. The summed E-state index contributed by atoms with van der Waals surface area (Å²) in [5.41, 5.74) is 3.13. The number of hydrogen-bond acceptors (Lipinski definition) is 7. The van der Waals surface area contributed by atoms with E-state index in [9.17, 15) is 0 Å². The zero-order valence-corrected chi connectivity index (χ0v) is 14.6. The summed E-state index contributed by atoms with van der Waals surface area (Å²) in [7, 11) is 0. The van der Waals surface area contributed by atoms with Gasteiger partial charge in [-0.05, 0) is 22.9 Å². The monoisotopic (exact) mass is 359 g/mol. The lowest BCUT2D eigenvalue weighted by molar-refractivity contribution is -0.0819. The van der Waals surface area contributed by atoms with Gasteiger partial charge in [0.2, 0.25) is 5.95 Å². The Labute approximate surface area is 148 Å². The van der Waals surface area contributed by atoms with Gasteiger partial charge in [-0.1, -0.05) is 6.07 Å². The Morgan fingerprint density at radius 2 is 2.25 bits per heavy atom. The van der Waals surface area contributed by atoms with Crippen LogP contribution in [0.4, 0.5) is 5.95 Å². The largest absolute Gasteiger partial charge is 0.376 e. The average molecular weight is 359 g/mol. The second-order valence-corrected chi connectivity index (χ2v) is 7.12. The van der Waals surface area contributed by atoms with Crippen LogP contribution in [-0.4, -0.2) is 42.4 Å². The highest BCUT2D eigenvalue weighted by Gasteiger charge is 2.16. The molecule has 0 saturated carbocycles. The van der Waals surface area contributed by atoms with Crippen LogP contribution in [0.2, 0.25) is 0 Å². The molecule has 5 nitrogen and oxygen atoms in total. The highest BCUT2D eigenvalue weighted by Crippen LogP contribution is 2.34. The Bertz CT molecular complexity index is 769. The lowest BCUT2D eigenvalue weighted by Gasteiger charge is -2.23. The van der Waals surface area contributed by atoms with E-state index in [1.807, 2.05) is 12.3 Å². The Morgan fingerprint density at radius 1 is 1.25 bits per heavy atom. The molecule has 1 aliphatic heterocycles. The number of thiophene rings is 2. The van der Waals surface area contributed by atoms with Gasteiger partial charge in [0.25, 0.3) is 0 Å². The van der Waals surface area contributed by atoms with Gasteiger partial charge in [0.15, 0.2) is 0 Å². The zero-order chi connectivity index (χ0) is 16.2. The fourth-order valence-electron chi connectivity index (χ4n) is 2.56. The molecule has 7 heteroatoms. The molecule has 0 unspecified atom stereocenters. The first-order valence-electron chi connectivity index (χ1n) is 7.77. The molecule has 1 aliphatic rings. The van der Waals surface area contributed by atoms with Gasteiger partial charge in [-0.25, -0.2) is 9.97 Å². The lowest BCUT2D eigenvalue weighted by atomic mass is 10.1. The Balaban J connectivity index is 1.59. The van der Waals surface area contributed by atoms with Crippen molar-refractivity contribution in [2.24, 2.45) is 0 Å². The SMILES string of the molecule is c1csc(-c2cnc(NC[C@@H]3COCCO3)nc2-c2ccsc2)c1. The standard InChI is InChI=1S/C17H17N3O2S2/c1-2-15(24-6-1)14-9-19-17(18-8-13-10-21-4-5-22-13)20-16(14)12-3-7-23-11-12/h1-3,6-7,9,11,13H,4-5,8,10H2,(H,18,19,20)/t13-/m1/s1. The van der Waals surface area contributed by atoms with Crippen molar-refractivity contribution in [3.63, 3.8) is 0 Å². The van der Waals surface area contributed by atoms with E-state index in [2.05, 4.69) is 38.6 Å². The van der Waals surface area contributed by atoms with Gasteiger partial charge in [0, 0.05) is 34.1 Å². The normalized spacial score (nSPS) is 17.8. The van der Waals surface area contributed by atoms with Gasteiger partial charge in [0.05, 0.1) is 31.6 Å². The highest BCUT2D eigenvalue weighted by atomic mass is 32.1. The number of hydrogen-bond donors (Lipinski definition) is 1. The molecule has 0 spiro atoms. The molecule has 1 saturated heterocycles. The number of nitrogens with zero attached hydrogens (tertiary/aromatic N) is 2. The van der Waals surface area contributed by atoms with Crippen LogP contribution in [0.5, 0.6) is 0 Å². The molecule has 0 aliphatic carbocycles. The summed E-state index contributed by atoms with van der Waals surface area (Å²) in [5, 5.41) is 9.52. The maximum Gasteiger partial charge on any atom is 0.223 e. The molecule has 0 amide bonds. The van der Waals surface area contributed by atoms with Gasteiger partial charge in [0.1, 0.15) is 0 Å². The summed E-state index contributed by atoms with van der Waals surface area (Å²) in [6, 6.07) is 6.23. The zero-order valence-electron chi connectivity index (χ0n) is 13.0. The van der Waals surface area contributed by atoms with Crippen LogP contribution in [0.3, 0.4) is 0 Å². The molecule has 3 aromatic rings. The fourth-order valence-corrected chi connectivity index (χ4v) is 3.94. The number of ether oxygens (including phenoxy) is 2. The van der Waals surface area contributed by atoms with E-state index in [0.717, 1.165) is 16.8 Å². The van der Waals surface area contributed by atoms with Gasteiger partial charge in [-0.15, -0.1) is 11.3 Å². The van der Waals surface area contributed by atoms with E-state index in [4.69, 9.17) is 14.5 Å². The molecule has 0 radical (unpaired) electrons. The molecule has 1 fully saturated rings. The van der Waals surface area contributed by atoms with Crippen molar-refractivity contribution in [1.82, 2.24) is 9.97 Å². The van der Waals surface area contributed by atoms with Crippen LogP contribution in [0.25, 0.3) is 21.7 Å². The van der Waals surface area contributed by atoms with Crippen LogP contribution in [0, 0.1) is 0 Å². The van der Waals surface area contributed by atoms with Crippen molar-refractivity contribution in [2.75, 3.05) is 31.7 Å². The molecule has 124 valence electrons. The van der Waals surface area contributed by atoms with E-state index in [1.54, 1.807) is 22.7 Å². The van der Waals surface area contributed by atoms with Gasteiger partial charge in [-0.3, -0.25) is 0 Å². The van der Waals surface area contributed by atoms with E-state index in [-0.39, 0.29) is 6.10 Å². The van der Waals surface area contributed by atoms with Crippen LogP contribution in [0.1, 0.15) is 0 Å². The third-order valence-corrected chi connectivity index (χ3v) is 5.33. The van der Waals surface area contributed by atoms with E-state index >= 15 is 0 Å². The first-order valence-corrected chi connectivity index (χ1v) is 9.59. The van der Waals surface area contributed by atoms with Crippen molar-refractivity contribution < 1.29 is 9.47 Å². The smallest absolute Gasteiger partial charge is 0.223 e. The molecule has 1 atom stereocenters. The van der Waals surface area contributed by atoms with Crippen LogP contribution in [0.15, 0.2) is 40.5 Å². The third-order valence-electron chi connectivity index (χ3n) is 3.74. The molecule has 3 aromatic heterocycles. The molecule has 0 aromatic carbocycles. The summed E-state index contributed by atoms with van der Waals surface area (Å²) in [6.45, 7) is 2.56. The second kappa shape index (κ2) is 7.40. The fraction of sp³-hybridized carbons (Fsp3) is 0.294. The summed E-state index contributed by atoms with van der Waals surface area (Å²) in [4.78, 5) is 10.4. The van der Waals surface area contributed by atoms with Crippen molar-refractivity contribution in [1.29, 1.82) is 0 Å². The molecule has 1 N–H and O–H groups in total. The maximum atomic E-state index is 5.65.